The van der Waals surface area contributed by atoms with Crippen LogP contribution in [0.25, 0.3) is 0 Å². The fourth-order valence-corrected chi connectivity index (χ4v) is 2.58. The topological polar surface area (TPSA) is 61.4 Å². The summed E-state index contributed by atoms with van der Waals surface area (Å²) < 4.78 is 0. The predicted molar refractivity (Wildman–Crippen MR) is 104 cm³/mol. The monoisotopic (exact) mass is 339 g/mol. The maximum atomic E-state index is 12.1. The Morgan fingerprint density at radius 2 is 1.64 bits per heavy atom. The molecule has 0 saturated heterocycles. The van der Waals surface area contributed by atoms with Gasteiger partial charge in [0.2, 0.25) is 5.91 Å². The summed E-state index contributed by atoms with van der Waals surface area (Å²) in [5.74, 6) is -0.134. The zero-order chi connectivity index (χ0) is 18.2. The van der Waals surface area contributed by atoms with Crippen molar-refractivity contribution in [1.82, 2.24) is 0 Å². The molecule has 5 nitrogen and oxygen atoms in total. The van der Waals surface area contributed by atoms with Gasteiger partial charge in [-0.1, -0.05) is 12.1 Å². The van der Waals surface area contributed by atoms with Crippen molar-refractivity contribution in [2.75, 3.05) is 35.2 Å². The predicted octanol–water partition coefficient (Wildman–Crippen LogP) is 3.79. The molecule has 0 saturated carbocycles. The van der Waals surface area contributed by atoms with Crippen molar-refractivity contribution in [3.05, 3.63) is 54.1 Å². The van der Waals surface area contributed by atoms with Crippen LogP contribution in [0.1, 0.15) is 31.1 Å². The molecule has 132 valence electrons. The maximum Gasteiger partial charge on any atom is 0.243 e. The molecule has 25 heavy (non-hydrogen) atoms. The highest BCUT2D eigenvalue weighted by Crippen LogP contribution is 2.17. The van der Waals surface area contributed by atoms with Crippen molar-refractivity contribution in [1.29, 1.82) is 0 Å². The van der Waals surface area contributed by atoms with E-state index in [9.17, 15) is 9.59 Å². The third kappa shape index (κ3) is 5.35. The molecule has 0 unspecified atom stereocenters. The molecule has 1 amide bonds. The first-order valence-corrected chi connectivity index (χ1v) is 8.53. The summed E-state index contributed by atoms with van der Waals surface area (Å²) in [6.45, 7) is 7.79. The molecule has 0 aromatic heterocycles. The first-order chi connectivity index (χ1) is 12.0. The van der Waals surface area contributed by atoms with E-state index in [1.54, 1.807) is 18.2 Å². The lowest BCUT2D eigenvalue weighted by molar-refractivity contribution is -0.114. The normalized spacial score (nSPS) is 10.2. The van der Waals surface area contributed by atoms with Gasteiger partial charge in [-0.3, -0.25) is 9.59 Å². The number of carbonyl (C=O) groups is 2. The van der Waals surface area contributed by atoms with E-state index in [4.69, 9.17) is 0 Å². The molecule has 2 N–H and O–H groups in total. The summed E-state index contributed by atoms with van der Waals surface area (Å²) in [5.41, 5.74) is 3.28. The zero-order valence-electron chi connectivity index (χ0n) is 15.0. The van der Waals surface area contributed by atoms with Crippen LogP contribution in [0.5, 0.6) is 0 Å². The van der Waals surface area contributed by atoms with Crippen molar-refractivity contribution in [3.8, 4) is 0 Å². The Hall–Kier alpha value is -2.82. The molecule has 2 rings (SSSR count). The molecule has 0 heterocycles. The summed E-state index contributed by atoms with van der Waals surface area (Å²) >= 11 is 0. The second-order valence-corrected chi connectivity index (χ2v) is 5.76. The van der Waals surface area contributed by atoms with Gasteiger partial charge < -0.3 is 15.5 Å². The van der Waals surface area contributed by atoms with E-state index in [-0.39, 0.29) is 18.2 Å². The fraction of sp³-hybridized carbons (Fsp3) is 0.300. The van der Waals surface area contributed by atoms with Gasteiger partial charge in [-0.15, -0.1) is 0 Å². The lowest BCUT2D eigenvalue weighted by atomic mass is 10.1. The van der Waals surface area contributed by atoms with Crippen molar-refractivity contribution in [3.63, 3.8) is 0 Å². The van der Waals surface area contributed by atoms with Gasteiger partial charge >= 0.3 is 0 Å². The average Bonchev–Trinajstić information content (AvgIpc) is 2.62. The number of carbonyl (C=O) groups excluding carboxylic acids is 2. The fourth-order valence-electron chi connectivity index (χ4n) is 2.58. The van der Waals surface area contributed by atoms with Crippen molar-refractivity contribution >= 4 is 28.8 Å². The van der Waals surface area contributed by atoms with Crippen molar-refractivity contribution in [2.45, 2.75) is 20.8 Å². The standard InChI is InChI=1S/C20H25N3O2/c1-4-23(5-2)19-11-9-17(10-12-19)22-20(25)14-21-18-8-6-7-16(13-18)15(3)24/h6-13,21H,4-5,14H2,1-3H3,(H,22,25). The molecule has 0 atom stereocenters. The third-order valence-electron chi connectivity index (χ3n) is 4.00. The number of hydrogen-bond acceptors (Lipinski definition) is 4. The van der Waals surface area contributed by atoms with Gasteiger partial charge in [-0.2, -0.15) is 0 Å². The number of ketones is 1. The number of benzene rings is 2. The molecule has 0 radical (unpaired) electrons. The Morgan fingerprint density at radius 1 is 0.960 bits per heavy atom. The minimum Gasteiger partial charge on any atom is -0.376 e. The lowest BCUT2D eigenvalue weighted by Gasteiger charge is -2.21. The van der Waals surface area contributed by atoms with Crippen LogP contribution in [0.15, 0.2) is 48.5 Å². The SMILES string of the molecule is CCN(CC)c1ccc(NC(=O)CNc2cccc(C(C)=O)c2)cc1. The molecule has 0 aliphatic heterocycles. The average molecular weight is 339 g/mol. The van der Waals surface area contributed by atoms with Crippen LogP contribution >= 0.6 is 0 Å². The quantitative estimate of drug-likeness (QED) is 0.719. The highest BCUT2D eigenvalue weighted by Gasteiger charge is 2.06. The van der Waals surface area contributed by atoms with Gasteiger partial charge in [0.25, 0.3) is 0 Å². The Labute approximate surface area is 149 Å². The number of rotatable bonds is 8. The van der Waals surface area contributed by atoms with Crippen LogP contribution < -0.4 is 15.5 Å². The molecule has 0 bridgehead atoms. The molecule has 0 aliphatic rings. The smallest absolute Gasteiger partial charge is 0.243 e. The van der Waals surface area contributed by atoms with Gasteiger partial charge in [0.1, 0.15) is 0 Å². The van der Waals surface area contributed by atoms with Gasteiger partial charge in [-0.25, -0.2) is 0 Å². The summed E-state index contributed by atoms with van der Waals surface area (Å²) in [6.07, 6.45) is 0. The minimum absolute atomic E-state index is 0.00129. The zero-order valence-corrected chi connectivity index (χ0v) is 15.0. The van der Waals surface area contributed by atoms with E-state index in [2.05, 4.69) is 29.4 Å². The molecule has 0 aliphatic carbocycles. The Balaban J connectivity index is 1.90. The van der Waals surface area contributed by atoms with Crippen LogP contribution in [-0.2, 0) is 4.79 Å². The highest BCUT2D eigenvalue weighted by atomic mass is 16.2. The van der Waals surface area contributed by atoms with E-state index >= 15 is 0 Å². The van der Waals surface area contributed by atoms with Gasteiger partial charge in [-0.05, 0) is 57.2 Å². The number of anilines is 3. The van der Waals surface area contributed by atoms with Crippen molar-refractivity contribution in [2.24, 2.45) is 0 Å². The molecular formula is C20H25N3O2. The van der Waals surface area contributed by atoms with Crippen LogP contribution in [0.2, 0.25) is 0 Å². The second kappa shape index (κ2) is 8.87. The summed E-state index contributed by atoms with van der Waals surface area (Å²) in [5, 5.41) is 5.90. The summed E-state index contributed by atoms with van der Waals surface area (Å²) in [6, 6.07) is 14.9. The first-order valence-electron chi connectivity index (χ1n) is 8.53. The lowest BCUT2D eigenvalue weighted by Crippen LogP contribution is -2.23. The maximum absolute atomic E-state index is 12.1. The van der Waals surface area contributed by atoms with Crippen LogP contribution in [0.4, 0.5) is 17.1 Å². The minimum atomic E-state index is -0.135. The van der Waals surface area contributed by atoms with E-state index in [0.29, 0.717) is 5.56 Å². The van der Waals surface area contributed by atoms with Crippen molar-refractivity contribution < 1.29 is 9.59 Å². The molecule has 0 fully saturated rings. The van der Waals surface area contributed by atoms with E-state index < -0.39 is 0 Å². The number of nitrogens with one attached hydrogen (secondary N) is 2. The van der Waals surface area contributed by atoms with Crippen LogP contribution in [-0.4, -0.2) is 31.3 Å². The van der Waals surface area contributed by atoms with Crippen LogP contribution in [0.3, 0.4) is 0 Å². The molecule has 5 heteroatoms. The number of nitrogens with zero attached hydrogens (tertiary/aromatic N) is 1. The van der Waals surface area contributed by atoms with Crippen LogP contribution in [0, 0.1) is 0 Å². The molecule has 2 aromatic carbocycles. The molecule has 2 aromatic rings. The Morgan fingerprint density at radius 3 is 2.24 bits per heavy atom. The van der Waals surface area contributed by atoms with Gasteiger partial charge in [0.05, 0.1) is 6.54 Å². The molecule has 0 spiro atoms. The molecular weight excluding hydrogens is 314 g/mol. The van der Waals surface area contributed by atoms with E-state index in [1.165, 1.54) is 6.92 Å². The largest absolute Gasteiger partial charge is 0.376 e. The number of Topliss-reactive ketones (excluding diaryl/α,β-unsaturated/α-hetero) is 1. The number of hydrogen-bond donors (Lipinski definition) is 2. The Kier molecular flexibility index (Phi) is 6.57. The Bertz CT molecular complexity index is 722. The van der Waals surface area contributed by atoms with Gasteiger partial charge in [0.15, 0.2) is 5.78 Å². The third-order valence-corrected chi connectivity index (χ3v) is 4.00. The van der Waals surface area contributed by atoms with E-state index in [0.717, 1.165) is 30.2 Å². The number of amides is 1. The summed E-state index contributed by atoms with van der Waals surface area (Å²) in [7, 11) is 0. The first kappa shape index (κ1) is 18.5. The van der Waals surface area contributed by atoms with E-state index in [1.807, 2.05) is 30.3 Å². The second-order valence-electron chi connectivity index (χ2n) is 5.76. The summed E-state index contributed by atoms with van der Waals surface area (Å²) in [4.78, 5) is 25.7. The highest BCUT2D eigenvalue weighted by molar-refractivity contribution is 5.96. The van der Waals surface area contributed by atoms with Gasteiger partial charge in [0, 0.05) is 35.7 Å².